The molecule has 0 aliphatic rings. The number of benzene rings is 6. The summed E-state index contributed by atoms with van der Waals surface area (Å²) in [4.78, 5) is 5.15. The Kier molecular flexibility index (Phi) is 6.16. The van der Waals surface area contributed by atoms with Gasteiger partial charge in [0.25, 0.3) is 0 Å². The molecule has 6 aromatic carbocycles. The highest BCUT2D eigenvalue weighted by Crippen LogP contribution is 2.40. The van der Waals surface area contributed by atoms with Gasteiger partial charge in [-0.25, -0.2) is 4.98 Å². The van der Waals surface area contributed by atoms with Gasteiger partial charge in [-0.3, -0.25) is 0 Å². The van der Waals surface area contributed by atoms with Gasteiger partial charge in [0.15, 0.2) is 0 Å². The summed E-state index contributed by atoms with van der Waals surface area (Å²) >= 11 is 0. The molecule has 0 aliphatic carbocycles. The second-order valence-electron chi connectivity index (χ2n) is 10.7. The molecule has 0 atom stereocenters. The fourth-order valence-corrected chi connectivity index (χ4v) is 6.00. The van der Waals surface area contributed by atoms with Crippen molar-refractivity contribution < 1.29 is 4.42 Å². The van der Waals surface area contributed by atoms with E-state index < -0.39 is 0 Å². The lowest BCUT2D eigenvalue weighted by atomic mass is 9.95. The maximum atomic E-state index is 6.66. The van der Waals surface area contributed by atoms with Crippen molar-refractivity contribution in [1.82, 2.24) is 4.98 Å². The summed E-state index contributed by atoms with van der Waals surface area (Å²) < 4.78 is 6.66. The lowest BCUT2D eigenvalue weighted by molar-refractivity contribution is 0.671. The molecule has 0 bridgehead atoms. The molecular formula is C41H27NO. The Bertz CT molecular complexity index is 2200. The fraction of sp³-hybridized carbons (Fsp3) is 0. The third-order valence-corrected chi connectivity index (χ3v) is 8.13. The smallest absolute Gasteiger partial charge is 0.143 e. The van der Waals surface area contributed by atoms with Crippen molar-refractivity contribution in [3.8, 4) is 55.9 Å². The zero-order valence-electron chi connectivity index (χ0n) is 23.4. The number of furan rings is 1. The van der Waals surface area contributed by atoms with Crippen LogP contribution >= 0.6 is 0 Å². The molecule has 2 heterocycles. The molecule has 0 unspecified atom stereocenters. The second-order valence-corrected chi connectivity index (χ2v) is 10.7. The number of para-hydroxylation sites is 2. The number of rotatable bonds is 5. The number of fused-ring (bicyclic) bond motifs is 3. The van der Waals surface area contributed by atoms with Crippen LogP contribution in [0.25, 0.3) is 77.8 Å². The molecule has 2 nitrogen and oxygen atoms in total. The lowest BCUT2D eigenvalue weighted by Gasteiger charge is -2.13. The average Bonchev–Trinajstić information content (AvgIpc) is 3.49. The molecule has 8 aromatic rings. The normalized spacial score (nSPS) is 11.3. The third-order valence-electron chi connectivity index (χ3n) is 8.13. The van der Waals surface area contributed by atoms with Gasteiger partial charge in [-0.05, 0) is 22.8 Å². The second kappa shape index (κ2) is 10.6. The summed E-state index contributed by atoms with van der Waals surface area (Å²) in [6.07, 6.45) is 0. The van der Waals surface area contributed by atoms with Gasteiger partial charge in [-0.15, -0.1) is 0 Å². The Labute approximate surface area is 250 Å². The minimum absolute atomic E-state index is 0.910. The first-order chi connectivity index (χ1) is 21.3. The van der Waals surface area contributed by atoms with Gasteiger partial charge >= 0.3 is 0 Å². The number of pyridine rings is 1. The van der Waals surface area contributed by atoms with Gasteiger partial charge in [0.2, 0.25) is 0 Å². The minimum atomic E-state index is 0.910. The van der Waals surface area contributed by atoms with E-state index >= 15 is 0 Å². The van der Waals surface area contributed by atoms with E-state index in [1.54, 1.807) is 0 Å². The molecule has 202 valence electrons. The molecule has 0 spiro atoms. The van der Waals surface area contributed by atoms with Crippen LogP contribution < -0.4 is 0 Å². The molecule has 43 heavy (non-hydrogen) atoms. The number of nitrogens with zero attached hydrogens (tertiary/aromatic N) is 1. The monoisotopic (exact) mass is 549 g/mol. The Morgan fingerprint density at radius 2 is 0.791 bits per heavy atom. The molecule has 0 amide bonds. The van der Waals surface area contributed by atoms with Crippen molar-refractivity contribution in [2.24, 2.45) is 0 Å². The van der Waals surface area contributed by atoms with Crippen molar-refractivity contribution in [3.05, 3.63) is 164 Å². The SMILES string of the molecule is c1ccc(-c2ccc(-c3ccc(-c4cccc5c4oc4c(-c6ccccc6)cccc45)cc3)c(-c3ccccc3)n2)cc1. The van der Waals surface area contributed by atoms with Crippen LogP contribution in [0.15, 0.2) is 168 Å². The predicted octanol–water partition coefficient (Wildman–Crippen LogP) is 11.3. The highest BCUT2D eigenvalue weighted by Gasteiger charge is 2.16. The number of hydrogen-bond donors (Lipinski definition) is 0. The summed E-state index contributed by atoms with van der Waals surface area (Å²) in [5, 5.41) is 2.26. The number of hydrogen-bond acceptors (Lipinski definition) is 2. The summed E-state index contributed by atoms with van der Waals surface area (Å²) in [5.74, 6) is 0. The lowest BCUT2D eigenvalue weighted by Crippen LogP contribution is -1.93. The molecule has 0 saturated carbocycles. The summed E-state index contributed by atoms with van der Waals surface area (Å²) in [7, 11) is 0. The van der Waals surface area contributed by atoms with Gasteiger partial charge in [-0.1, -0.05) is 158 Å². The predicted molar refractivity (Wildman–Crippen MR) is 179 cm³/mol. The molecule has 8 rings (SSSR count). The van der Waals surface area contributed by atoms with Gasteiger partial charge in [0.1, 0.15) is 11.2 Å². The van der Waals surface area contributed by atoms with Crippen LogP contribution in [-0.4, -0.2) is 4.98 Å². The van der Waals surface area contributed by atoms with Crippen LogP contribution in [0.5, 0.6) is 0 Å². The third kappa shape index (κ3) is 4.50. The van der Waals surface area contributed by atoms with Gasteiger partial charge in [0.05, 0.1) is 11.4 Å². The van der Waals surface area contributed by atoms with E-state index in [2.05, 4.69) is 146 Å². The zero-order valence-corrected chi connectivity index (χ0v) is 23.4. The molecular weight excluding hydrogens is 522 g/mol. The highest BCUT2D eigenvalue weighted by atomic mass is 16.3. The Morgan fingerprint density at radius 3 is 1.35 bits per heavy atom. The van der Waals surface area contributed by atoms with Crippen LogP contribution in [0, 0.1) is 0 Å². The van der Waals surface area contributed by atoms with E-state index in [4.69, 9.17) is 9.40 Å². The quantitative estimate of drug-likeness (QED) is 0.213. The van der Waals surface area contributed by atoms with Crippen LogP contribution in [0.3, 0.4) is 0 Å². The van der Waals surface area contributed by atoms with E-state index in [-0.39, 0.29) is 0 Å². The fourth-order valence-electron chi connectivity index (χ4n) is 6.00. The van der Waals surface area contributed by atoms with E-state index in [0.717, 1.165) is 77.8 Å². The molecule has 2 heteroatoms. The molecule has 0 fully saturated rings. The molecule has 0 saturated heterocycles. The number of aromatic nitrogens is 1. The minimum Gasteiger partial charge on any atom is -0.455 e. The van der Waals surface area contributed by atoms with Crippen LogP contribution in [0.4, 0.5) is 0 Å². The maximum absolute atomic E-state index is 6.66. The van der Waals surface area contributed by atoms with Crippen LogP contribution in [0.1, 0.15) is 0 Å². The molecule has 0 radical (unpaired) electrons. The van der Waals surface area contributed by atoms with Crippen molar-refractivity contribution in [3.63, 3.8) is 0 Å². The van der Waals surface area contributed by atoms with E-state index in [1.807, 2.05) is 18.2 Å². The van der Waals surface area contributed by atoms with Crippen molar-refractivity contribution in [2.45, 2.75) is 0 Å². The van der Waals surface area contributed by atoms with Crippen molar-refractivity contribution in [1.29, 1.82) is 0 Å². The molecule has 0 aliphatic heterocycles. The van der Waals surface area contributed by atoms with E-state index in [1.165, 1.54) is 0 Å². The average molecular weight is 550 g/mol. The Morgan fingerprint density at radius 1 is 0.326 bits per heavy atom. The van der Waals surface area contributed by atoms with E-state index in [9.17, 15) is 0 Å². The first-order valence-electron chi connectivity index (χ1n) is 14.6. The molecule has 2 aromatic heterocycles. The van der Waals surface area contributed by atoms with Gasteiger partial charge in [-0.2, -0.15) is 0 Å². The van der Waals surface area contributed by atoms with Crippen LogP contribution in [-0.2, 0) is 0 Å². The molecule has 0 N–H and O–H groups in total. The summed E-state index contributed by atoms with van der Waals surface area (Å²) in [5.41, 5.74) is 12.7. The first-order valence-corrected chi connectivity index (χ1v) is 14.6. The van der Waals surface area contributed by atoms with Crippen molar-refractivity contribution in [2.75, 3.05) is 0 Å². The highest BCUT2D eigenvalue weighted by molar-refractivity contribution is 6.13. The Hall–Kier alpha value is -5.73. The topological polar surface area (TPSA) is 26.0 Å². The maximum Gasteiger partial charge on any atom is 0.143 e. The van der Waals surface area contributed by atoms with E-state index in [0.29, 0.717) is 0 Å². The van der Waals surface area contributed by atoms with Crippen molar-refractivity contribution >= 4 is 21.9 Å². The summed E-state index contributed by atoms with van der Waals surface area (Å²) in [6, 6.07) is 57.1. The summed E-state index contributed by atoms with van der Waals surface area (Å²) in [6.45, 7) is 0. The van der Waals surface area contributed by atoms with Gasteiger partial charge in [0, 0.05) is 38.6 Å². The first kappa shape index (κ1) is 25.0. The Balaban J connectivity index is 1.23. The standard InChI is InChI=1S/C41H27NO/c1-4-12-28(13-5-1)34-18-10-20-36-37-21-11-19-35(41(37)43-40(34)36)30-24-22-29(23-25-30)33-26-27-38(31-14-6-2-7-15-31)42-39(33)32-16-8-3-9-17-32/h1-27H. The largest absolute Gasteiger partial charge is 0.455 e. The van der Waals surface area contributed by atoms with Crippen LogP contribution in [0.2, 0.25) is 0 Å². The zero-order chi connectivity index (χ0) is 28.6. The van der Waals surface area contributed by atoms with Gasteiger partial charge < -0.3 is 4.42 Å².